The van der Waals surface area contributed by atoms with Crippen molar-refractivity contribution in [3.8, 4) is 11.5 Å². The molecule has 0 spiro atoms. The molecule has 4 heteroatoms. The van der Waals surface area contributed by atoms with E-state index in [-0.39, 0.29) is 17.4 Å². The Labute approximate surface area is 100 Å². The minimum Gasteiger partial charge on any atom is -0.508 e. The molecule has 0 bridgehead atoms. The molecule has 1 heterocycles. The van der Waals surface area contributed by atoms with Crippen LogP contribution in [0.5, 0.6) is 11.5 Å². The predicted octanol–water partition coefficient (Wildman–Crippen LogP) is 1.52. The number of amidine groups is 1. The molecule has 0 radical (unpaired) electrons. The molecule has 0 fully saturated rings. The van der Waals surface area contributed by atoms with Gasteiger partial charge in [0.1, 0.15) is 17.3 Å². The van der Waals surface area contributed by atoms with Crippen molar-refractivity contribution in [1.82, 2.24) is 5.32 Å². The van der Waals surface area contributed by atoms with Crippen molar-refractivity contribution < 1.29 is 10.2 Å². The molecule has 1 aromatic rings. The Balaban J connectivity index is 2.06. The van der Waals surface area contributed by atoms with Gasteiger partial charge in [0.05, 0.1) is 6.54 Å². The maximum absolute atomic E-state index is 9.88. The molecule has 0 saturated heterocycles. The van der Waals surface area contributed by atoms with Crippen LogP contribution in [-0.2, 0) is 6.42 Å². The lowest BCUT2D eigenvalue weighted by Crippen LogP contribution is -2.28. The van der Waals surface area contributed by atoms with E-state index < -0.39 is 0 Å². The number of aromatic hydroxyl groups is 2. The minimum absolute atomic E-state index is 0.131. The van der Waals surface area contributed by atoms with Crippen LogP contribution in [0.25, 0.3) is 0 Å². The smallest absolute Gasteiger partial charge is 0.122 e. The molecule has 0 saturated carbocycles. The van der Waals surface area contributed by atoms with Crippen molar-refractivity contribution in [3.63, 3.8) is 0 Å². The van der Waals surface area contributed by atoms with Crippen LogP contribution in [0.4, 0.5) is 0 Å². The third kappa shape index (κ3) is 1.73. The van der Waals surface area contributed by atoms with Crippen molar-refractivity contribution in [2.45, 2.75) is 25.2 Å². The summed E-state index contributed by atoms with van der Waals surface area (Å²) in [5.41, 5.74) is 2.00. The van der Waals surface area contributed by atoms with Gasteiger partial charge < -0.3 is 15.5 Å². The largest absolute Gasteiger partial charge is 0.508 e. The fraction of sp³-hybridized carbons (Fsp3) is 0.462. The Morgan fingerprint density at radius 2 is 2.18 bits per heavy atom. The van der Waals surface area contributed by atoms with E-state index in [1.165, 1.54) is 6.07 Å². The average molecular weight is 232 g/mol. The standard InChI is InChI=1S/C13H16N2O2/c16-8-6-11-9(12(17)7-8)2-1-3-10(11)13-14-4-5-15-13/h6-7,10,16-17H,1-5H2,(H,14,15). The second-order valence-corrected chi connectivity index (χ2v) is 4.67. The summed E-state index contributed by atoms with van der Waals surface area (Å²) >= 11 is 0. The second kappa shape index (κ2) is 3.95. The fourth-order valence-electron chi connectivity index (χ4n) is 2.82. The number of phenolic OH excluding ortho intramolecular Hbond substituents is 2. The van der Waals surface area contributed by atoms with Crippen molar-refractivity contribution in [1.29, 1.82) is 0 Å². The lowest BCUT2D eigenvalue weighted by molar-refractivity contribution is 0.438. The molecular weight excluding hydrogens is 216 g/mol. The first-order valence-corrected chi connectivity index (χ1v) is 6.08. The topological polar surface area (TPSA) is 64.8 Å². The minimum atomic E-state index is 0.131. The number of fused-ring (bicyclic) bond motifs is 1. The number of hydrogen-bond donors (Lipinski definition) is 3. The fourth-order valence-corrected chi connectivity index (χ4v) is 2.82. The number of nitrogens with zero attached hydrogens (tertiary/aromatic N) is 1. The Hall–Kier alpha value is -1.71. The van der Waals surface area contributed by atoms with Crippen LogP contribution in [0.1, 0.15) is 29.9 Å². The number of rotatable bonds is 1. The van der Waals surface area contributed by atoms with Gasteiger partial charge in [-0.2, -0.15) is 0 Å². The lowest BCUT2D eigenvalue weighted by atomic mass is 9.81. The summed E-state index contributed by atoms with van der Waals surface area (Å²) in [6.07, 6.45) is 2.96. The molecule has 1 atom stereocenters. The molecule has 0 aromatic heterocycles. The Kier molecular flexibility index (Phi) is 2.42. The van der Waals surface area contributed by atoms with E-state index in [0.717, 1.165) is 49.3 Å². The second-order valence-electron chi connectivity index (χ2n) is 4.67. The van der Waals surface area contributed by atoms with Gasteiger partial charge in [-0.1, -0.05) is 0 Å². The van der Waals surface area contributed by atoms with Crippen molar-refractivity contribution >= 4 is 5.84 Å². The molecule has 4 nitrogen and oxygen atoms in total. The summed E-state index contributed by atoms with van der Waals surface area (Å²) in [4.78, 5) is 4.46. The molecule has 3 N–H and O–H groups in total. The molecule has 2 aliphatic rings. The highest BCUT2D eigenvalue weighted by Gasteiger charge is 2.28. The zero-order chi connectivity index (χ0) is 11.8. The van der Waals surface area contributed by atoms with Crippen LogP contribution in [0.15, 0.2) is 17.1 Å². The summed E-state index contributed by atoms with van der Waals surface area (Å²) in [7, 11) is 0. The van der Waals surface area contributed by atoms with Gasteiger partial charge in [0.15, 0.2) is 0 Å². The van der Waals surface area contributed by atoms with E-state index in [1.54, 1.807) is 6.07 Å². The number of benzene rings is 1. The van der Waals surface area contributed by atoms with E-state index in [9.17, 15) is 10.2 Å². The molecule has 1 unspecified atom stereocenters. The van der Waals surface area contributed by atoms with Crippen LogP contribution >= 0.6 is 0 Å². The van der Waals surface area contributed by atoms with Gasteiger partial charge in [0.25, 0.3) is 0 Å². The number of phenols is 2. The van der Waals surface area contributed by atoms with Crippen molar-refractivity contribution in [3.05, 3.63) is 23.3 Å². The molecule has 90 valence electrons. The highest BCUT2D eigenvalue weighted by atomic mass is 16.3. The number of nitrogens with one attached hydrogen (secondary N) is 1. The summed E-state index contributed by atoms with van der Waals surface area (Å²) in [6.45, 7) is 1.72. The first-order chi connectivity index (χ1) is 8.25. The van der Waals surface area contributed by atoms with Gasteiger partial charge in [-0.15, -0.1) is 0 Å². The van der Waals surface area contributed by atoms with E-state index in [2.05, 4.69) is 10.3 Å². The SMILES string of the molecule is Oc1cc(O)c2c(c1)C(C1=NCCN1)CCC2. The normalized spacial score (nSPS) is 22.8. The Bertz CT molecular complexity index is 483. The van der Waals surface area contributed by atoms with Gasteiger partial charge in [-0.25, -0.2) is 0 Å². The Morgan fingerprint density at radius 1 is 1.29 bits per heavy atom. The highest BCUT2D eigenvalue weighted by Crippen LogP contribution is 2.39. The van der Waals surface area contributed by atoms with Gasteiger partial charge in [0, 0.05) is 18.5 Å². The number of aliphatic imine (C=N–C) groups is 1. The van der Waals surface area contributed by atoms with Crippen LogP contribution < -0.4 is 5.32 Å². The third-order valence-corrected chi connectivity index (χ3v) is 3.57. The molecule has 17 heavy (non-hydrogen) atoms. The zero-order valence-electron chi connectivity index (χ0n) is 9.61. The van der Waals surface area contributed by atoms with Gasteiger partial charge in [0.2, 0.25) is 0 Å². The average Bonchev–Trinajstić information content (AvgIpc) is 2.81. The van der Waals surface area contributed by atoms with Crippen LogP contribution in [-0.4, -0.2) is 29.1 Å². The highest BCUT2D eigenvalue weighted by molar-refractivity contribution is 5.91. The summed E-state index contributed by atoms with van der Waals surface area (Å²) in [5, 5.41) is 22.8. The molecular formula is C13H16N2O2. The zero-order valence-corrected chi connectivity index (χ0v) is 9.61. The third-order valence-electron chi connectivity index (χ3n) is 3.57. The summed E-state index contributed by atoms with van der Waals surface area (Å²) < 4.78 is 0. The van der Waals surface area contributed by atoms with Crippen LogP contribution in [0.3, 0.4) is 0 Å². The maximum atomic E-state index is 9.88. The van der Waals surface area contributed by atoms with Crippen molar-refractivity contribution in [2.75, 3.05) is 13.1 Å². The van der Waals surface area contributed by atoms with Crippen LogP contribution in [0, 0.1) is 0 Å². The molecule has 0 amide bonds. The van der Waals surface area contributed by atoms with Gasteiger partial charge >= 0.3 is 0 Å². The summed E-state index contributed by atoms with van der Waals surface area (Å²) in [5.74, 6) is 1.56. The Morgan fingerprint density at radius 3 is 2.94 bits per heavy atom. The quantitative estimate of drug-likeness (QED) is 0.687. The van der Waals surface area contributed by atoms with E-state index in [0.29, 0.717) is 0 Å². The predicted molar refractivity (Wildman–Crippen MR) is 65.8 cm³/mol. The summed E-state index contributed by atoms with van der Waals surface area (Å²) in [6, 6.07) is 3.19. The lowest BCUT2D eigenvalue weighted by Gasteiger charge is -2.26. The van der Waals surface area contributed by atoms with E-state index in [1.807, 2.05) is 0 Å². The van der Waals surface area contributed by atoms with E-state index >= 15 is 0 Å². The maximum Gasteiger partial charge on any atom is 0.122 e. The first kappa shape index (κ1) is 10.4. The molecule has 1 aliphatic heterocycles. The molecule has 1 aromatic carbocycles. The van der Waals surface area contributed by atoms with Crippen LogP contribution in [0.2, 0.25) is 0 Å². The molecule has 1 aliphatic carbocycles. The monoisotopic (exact) mass is 232 g/mol. The molecule has 3 rings (SSSR count). The van der Waals surface area contributed by atoms with E-state index in [4.69, 9.17) is 0 Å². The van der Waals surface area contributed by atoms with Gasteiger partial charge in [-0.05, 0) is 36.5 Å². The van der Waals surface area contributed by atoms with Crippen molar-refractivity contribution in [2.24, 2.45) is 4.99 Å². The first-order valence-electron chi connectivity index (χ1n) is 6.08. The van der Waals surface area contributed by atoms with Gasteiger partial charge in [-0.3, -0.25) is 4.99 Å². The number of hydrogen-bond acceptors (Lipinski definition) is 4.